The van der Waals surface area contributed by atoms with Crippen molar-refractivity contribution in [1.82, 2.24) is 10.2 Å². The van der Waals surface area contributed by atoms with Gasteiger partial charge in [0.25, 0.3) is 5.91 Å². The number of hydrogen-bond donors (Lipinski definition) is 1. The smallest absolute Gasteiger partial charge is 0.322 e. The molecule has 0 bridgehead atoms. The Kier molecular flexibility index (Phi) is 6.09. The average molecular weight is 509 g/mol. The summed E-state index contributed by atoms with van der Waals surface area (Å²) < 4.78 is 78.1. The van der Waals surface area contributed by atoms with E-state index in [-0.39, 0.29) is 36.9 Å². The minimum absolute atomic E-state index is 0.117. The summed E-state index contributed by atoms with van der Waals surface area (Å²) in [6, 6.07) is 4.54. The third kappa shape index (κ3) is 4.74. The number of Topliss-reactive ketones (excluding diaryl/α,β-unsaturated/α-hetero) is 1. The zero-order valence-corrected chi connectivity index (χ0v) is 19.0. The van der Waals surface area contributed by atoms with Crippen molar-refractivity contribution in [2.24, 2.45) is 0 Å². The minimum Gasteiger partial charge on any atom is -0.322 e. The van der Waals surface area contributed by atoms with Gasteiger partial charge in [0.2, 0.25) is 17.6 Å². The standard InChI is InChI=1S/C25H21F5N2O4/c1-13-2-6-17(18(10-13)25(28,29)30)24(26,27)20(33)8-4-14-3-5-16-15(11-14)12-32(23(16)36)19-7-9-21(34)31-22(19)35/h2-3,5-6,10-11,19H,4,7-9,12H2,1H3,(H,31,34,35)/i19D. The third-order valence-corrected chi connectivity index (χ3v) is 6.21. The molecule has 1 unspecified atom stereocenters. The highest BCUT2D eigenvalue weighted by molar-refractivity contribution is 6.05. The van der Waals surface area contributed by atoms with E-state index in [2.05, 4.69) is 0 Å². The lowest BCUT2D eigenvalue weighted by Crippen LogP contribution is -2.52. The highest BCUT2D eigenvalue weighted by atomic mass is 19.4. The summed E-state index contributed by atoms with van der Waals surface area (Å²) in [4.78, 5) is 49.9. The lowest BCUT2D eigenvalue weighted by Gasteiger charge is -2.29. The largest absolute Gasteiger partial charge is 0.416 e. The second-order valence-electron chi connectivity index (χ2n) is 8.75. The van der Waals surface area contributed by atoms with Gasteiger partial charge in [-0.15, -0.1) is 0 Å². The van der Waals surface area contributed by atoms with E-state index in [1.165, 1.54) is 25.1 Å². The molecule has 1 saturated heterocycles. The number of rotatable bonds is 6. The van der Waals surface area contributed by atoms with E-state index in [1.54, 1.807) is 0 Å². The molecule has 0 radical (unpaired) electrons. The molecular weight excluding hydrogens is 487 g/mol. The number of imide groups is 1. The number of benzene rings is 2. The van der Waals surface area contributed by atoms with Gasteiger partial charge in [-0.3, -0.25) is 24.5 Å². The van der Waals surface area contributed by atoms with Crippen molar-refractivity contribution < 1.29 is 42.5 Å². The van der Waals surface area contributed by atoms with E-state index >= 15 is 0 Å². The van der Waals surface area contributed by atoms with Crippen LogP contribution >= 0.6 is 0 Å². The number of fused-ring (bicyclic) bond motifs is 1. The summed E-state index contributed by atoms with van der Waals surface area (Å²) in [6.45, 7) is 1.18. The van der Waals surface area contributed by atoms with Crippen LogP contribution in [0.3, 0.4) is 0 Å². The molecule has 2 aliphatic rings. The first-order valence-corrected chi connectivity index (χ1v) is 11.0. The van der Waals surface area contributed by atoms with Gasteiger partial charge in [-0.2, -0.15) is 22.0 Å². The number of ketones is 1. The summed E-state index contributed by atoms with van der Waals surface area (Å²) in [7, 11) is 0. The molecule has 0 saturated carbocycles. The van der Waals surface area contributed by atoms with Crippen molar-refractivity contribution >= 4 is 23.5 Å². The SMILES string of the molecule is [2H]C1(N2Cc3cc(CCC(=O)C(F)(F)c4ccc(C)cc4C(F)(F)F)ccc3C2=O)CCC(=O)NC1=O. The van der Waals surface area contributed by atoms with E-state index in [0.717, 1.165) is 11.0 Å². The van der Waals surface area contributed by atoms with E-state index in [0.29, 0.717) is 23.3 Å². The van der Waals surface area contributed by atoms with E-state index in [9.17, 15) is 41.1 Å². The molecule has 4 rings (SSSR count). The Hall–Kier alpha value is -3.63. The first-order chi connectivity index (χ1) is 17.1. The minimum atomic E-state index is -5.07. The maximum absolute atomic E-state index is 14.8. The molecule has 2 heterocycles. The van der Waals surface area contributed by atoms with Gasteiger partial charge >= 0.3 is 12.1 Å². The number of piperidine rings is 1. The molecule has 0 spiro atoms. The maximum atomic E-state index is 14.8. The Morgan fingerprint density at radius 1 is 1.08 bits per heavy atom. The van der Waals surface area contributed by atoms with Gasteiger partial charge < -0.3 is 4.90 Å². The molecule has 6 nitrogen and oxygen atoms in total. The summed E-state index contributed by atoms with van der Waals surface area (Å²) in [5, 5.41) is 2.04. The predicted octanol–water partition coefficient (Wildman–Crippen LogP) is 4.07. The van der Waals surface area contributed by atoms with Crippen LogP contribution in [0.4, 0.5) is 22.0 Å². The van der Waals surface area contributed by atoms with Gasteiger partial charge in [0.1, 0.15) is 6.02 Å². The van der Waals surface area contributed by atoms with Crippen LogP contribution in [0.1, 0.15) is 58.8 Å². The van der Waals surface area contributed by atoms with Crippen molar-refractivity contribution in [1.29, 1.82) is 0 Å². The molecule has 0 aromatic heterocycles. The molecule has 11 heteroatoms. The highest BCUT2D eigenvalue weighted by Crippen LogP contribution is 2.41. The molecule has 36 heavy (non-hydrogen) atoms. The number of nitrogens with zero attached hydrogens (tertiary/aromatic N) is 1. The van der Waals surface area contributed by atoms with Crippen molar-refractivity contribution in [2.75, 3.05) is 0 Å². The normalized spacial score (nSPS) is 20.8. The van der Waals surface area contributed by atoms with Gasteiger partial charge in [-0.05, 0) is 43.0 Å². The fraction of sp³-hybridized carbons (Fsp3) is 0.360. The Bertz CT molecular complexity index is 1330. The predicted molar refractivity (Wildman–Crippen MR) is 116 cm³/mol. The van der Waals surface area contributed by atoms with Crippen molar-refractivity contribution in [3.8, 4) is 0 Å². The van der Waals surface area contributed by atoms with Crippen molar-refractivity contribution in [3.63, 3.8) is 0 Å². The van der Waals surface area contributed by atoms with Gasteiger partial charge in [-0.25, -0.2) is 0 Å². The van der Waals surface area contributed by atoms with Crippen molar-refractivity contribution in [3.05, 3.63) is 69.8 Å². The Morgan fingerprint density at radius 2 is 1.81 bits per heavy atom. The average Bonchev–Trinajstić information content (AvgIpc) is 3.15. The Morgan fingerprint density at radius 3 is 2.47 bits per heavy atom. The first-order valence-electron chi connectivity index (χ1n) is 11.5. The number of halogens is 5. The summed E-state index contributed by atoms with van der Waals surface area (Å²) in [6.07, 6.45) is -6.37. The third-order valence-electron chi connectivity index (χ3n) is 6.21. The number of carbonyl (C=O) groups excluding carboxylic acids is 4. The highest BCUT2D eigenvalue weighted by Gasteiger charge is 2.47. The molecule has 1 N–H and O–H groups in total. The second kappa shape index (κ2) is 9.11. The van der Waals surface area contributed by atoms with E-state index < -0.39 is 59.2 Å². The van der Waals surface area contributed by atoms with Crippen LogP contribution in [0.2, 0.25) is 0 Å². The fourth-order valence-corrected chi connectivity index (χ4v) is 4.34. The quantitative estimate of drug-likeness (QED) is 0.470. The van der Waals surface area contributed by atoms with Gasteiger partial charge in [-0.1, -0.05) is 29.8 Å². The number of carbonyl (C=O) groups is 4. The molecular formula is C25H21F5N2O4. The van der Waals surface area contributed by atoms with Gasteiger partial charge in [0, 0.05) is 30.5 Å². The lowest BCUT2D eigenvalue weighted by atomic mass is 9.93. The van der Waals surface area contributed by atoms with Crippen LogP contribution < -0.4 is 5.32 Å². The Balaban J connectivity index is 1.50. The second-order valence-corrected chi connectivity index (χ2v) is 8.75. The van der Waals surface area contributed by atoms with E-state index in [1.807, 2.05) is 5.32 Å². The number of alkyl halides is 5. The Labute approximate surface area is 203 Å². The molecule has 2 aromatic rings. The van der Waals surface area contributed by atoms with Crippen LogP contribution in [-0.2, 0) is 39.4 Å². The van der Waals surface area contributed by atoms with Crippen LogP contribution in [0.25, 0.3) is 0 Å². The lowest BCUT2D eigenvalue weighted by molar-refractivity contribution is -0.151. The summed E-state index contributed by atoms with van der Waals surface area (Å²) >= 11 is 0. The fourth-order valence-electron chi connectivity index (χ4n) is 4.34. The first kappa shape index (κ1) is 24.1. The summed E-state index contributed by atoms with van der Waals surface area (Å²) in [5.74, 6) is -8.14. The van der Waals surface area contributed by atoms with Crippen LogP contribution in [0.15, 0.2) is 36.4 Å². The molecule has 2 aliphatic heterocycles. The number of amides is 3. The molecule has 2 aromatic carbocycles. The molecule has 0 aliphatic carbocycles. The topological polar surface area (TPSA) is 83.6 Å². The summed E-state index contributed by atoms with van der Waals surface area (Å²) in [5.41, 5.74) is -1.90. The van der Waals surface area contributed by atoms with Crippen LogP contribution in [0.5, 0.6) is 0 Å². The van der Waals surface area contributed by atoms with Crippen LogP contribution in [-0.4, -0.2) is 34.4 Å². The maximum Gasteiger partial charge on any atom is 0.416 e. The van der Waals surface area contributed by atoms with Gasteiger partial charge in [0.15, 0.2) is 0 Å². The number of hydrogen-bond acceptors (Lipinski definition) is 4. The molecule has 190 valence electrons. The molecule has 1 atom stereocenters. The van der Waals surface area contributed by atoms with Crippen molar-refractivity contribution in [2.45, 2.75) is 57.3 Å². The molecule has 3 amide bonds. The number of aryl methyl sites for hydroxylation is 2. The zero-order chi connectivity index (χ0) is 27.3. The monoisotopic (exact) mass is 509 g/mol. The number of nitrogens with one attached hydrogen (secondary N) is 1. The van der Waals surface area contributed by atoms with Crippen LogP contribution in [0, 0.1) is 6.92 Å². The van der Waals surface area contributed by atoms with Gasteiger partial charge in [0.05, 0.1) is 6.93 Å². The molecule has 1 fully saturated rings. The van der Waals surface area contributed by atoms with E-state index in [4.69, 9.17) is 1.37 Å². The zero-order valence-electron chi connectivity index (χ0n) is 20.0.